The summed E-state index contributed by atoms with van der Waals surface area (Å²) in [5.41, 5.74) is 7.56. The van der Waals surface area contributed by atoms with Crippen LogP contribution in [-0.4, -0.2) is 46.1 Å². The SMILES string of the molecule is NC(=O)c1ccc(-n2ccc(NCCc3ccccc3)c(C(=O)O)c2=O)c(CN2CCCC2)c1. The Morgan fingerprint density at radius 2 is 1.76 bits per heavy atom. The van der Waals surface area contributed by atoms with E-state index in [2.05, 4.69) is 10.2 Å². The van der Waals surface area contributed by atoms with Crippen LogP contribution in [0.2, 0.25) is 0 Å². The molecule has 8 nitrogen and oxygen atoms in total. The second-order valence-corrected chi connectivity index (χ2v) is 8.44. The van der Waals surface area contributed by atoms with Gasteiger partial charge in [0.15, 0.2) is 0 Å². The number of rotatable bonds is 9. The summed E-state index contributed by atoms with van der Waals surface area (Å²) in [7, 11) is 0. The Kier molecular flexibility index (Phi) is 7.08. The maximum absolute atomic E-state index is 13.3. The summed E-state index contributed by atoms with van der Waals surface area (Å²) in [6, 6.07) is 16.3. The predicted molar refractivity (Wildman–Crippen MR) is 131 cm³/mol. The van der Waals surface area contributed by atoms with Crippen molar-refractivity contribution in [1.82, 2.24) is 9.47 Å². The first-order chi connectivity index (χ1) is 16.4. The molecular formula is C26H28N4O4. The van der Waals surface area contributed by atoms with E-state index in [1.165, 1.54) is 4.57 Å². The van der Waals surface area contributed by atoms with Gasteiger partial charge in [-0.15, -0.1) is 0 Å². The zero-order valence-electron chi connectivity index (χ0n) is 18.9. The minimum atomic E-state index is -1.29. The molecule has 0 unspecified atom stereocenters. The molecule has 1 amide bonds. The van der Waals surface area contributed by atoms with Crippen molar-refractivity contribution in [3.8, 4) is 5.69 Å². The largest absolute Gasteiger partial charge is 0.477 e. The molecule has 34 heavy (non-hydrogen) atoms. The highest BCUT2D eigenvalue weighted by Crippen LogP contribution is 2.22. The lowest BCUT2D eigenvalue weighted by atomic mass is 10.1. The number of nitrogens with zero attached hydrogens (tertiary/aromatic N) is 2. The summed E-state index contributed by atoms with van der Waals surface area (Å²) in [4.78, 5) is 39.3. The number of aromatic carboxylic acids is 1. The number of primary amides is 1. The fourth-order valence-electron chi connectivity index (χ4n) is 4.35. The maximum atomic E-state index is 13.3. The average molecular weight is 461 g/mol. The number of benzene rings is 2. The van der Waals surface area contributed by atoms with Crippen LogP contribution in [0.4, 0.5) is 5.69 Å². The van der Waals surface area contributed by atoms with Gasteiger partial charge in [0.2, 0.25) is 5.91 Å². The monoisotopic (exact) mass is 460 g/mol. The number of hydrogen-bond donors (Lipinski definition) is 3. The van der Waals surface area contributed by atoms with E-state index in [1.807, 2.05) is 30.3 Å². The van der Waals surface area contributed by atoms with Crippen LogP contribution in [-0.2, 0) is 13.0 Å². The van der Waals surface area contributed by atoms with Gasteiger partial charge in [-0.25, -0.2) is 4.79 Å². The number of carboxylic acid groups (broad SMARTS) is 1. The predicted octanol–water partition coefficient (Wildman–Crippen LogP) is 2.89. The third-order valence-electron chi connectivity index (χ3n) is 6.09. The van der Waals surface area contributed by atoms with Crippen LogP contribution in [0.5, 0.6) is 0 Å². The fraction of sp³-hybridized carbons (Fsp3) is 0.269. The van der Waals surface area contributed by atoms with E-state index in [9.17, 15) is 19.5 Å². The normalized spacial score (nSPS) is 13.6. The van der Waals surface area contributed by atoms with Gasteiger partial charge in [0, 0.05) is 24.8 Å². The quantitative estimate of drug-likeness (QED) is 0.452. The Labute approximate surface area is 197 Å². The highest BCUT2D eigenvalue weighted by molar-refractivity contribution is 5.94. The lowest BCUT2D eigenvalue weighted by Crippen LogP contribution is -2.28. The zero-order chi connectivity index (χ0) is 24.1. The third-order valence-corrected chi connectivity index (χ3v) is 6.09. The summed E-state index contributed by atoms with van der Waals surface area (Å²) in [5, 5.41) is 12.9. The summed E-state index contributed by atoms with van der Waals surface area (Å²) < 4.78 is 1.34. The van der Waals surface area contributed by atoms with Gasteiger partial charge >= 0.3 is 5.97 Å². The molecule has 1 aliphatic rings. The van der Waals surface area contributed by atoms with Crippen LogP contribution in [0.25, 0.3) is 5.69 Å². The summed E-state index contributed by atoms with van der Waals surface area (Å²) in [6.45, 7) is 2.89. The van der Waals surface area contributed by atoms with Crippen molar-refractivity contribution in [3.63, 3.8) is 0 Å². The Bertz CT molecular complexity index is 1250. The first-order valence-electron chi connectivity index (χ1n) is 11.4. The molecule has 0 spiro atoms. The van der Waals surface area contributed by atoms with Gasteiger partial charge in [-0.2, -0.15) is 0 Å². The van der Waals surface area contributed by atoms with E-state index >= 15 is 0 Å². The standard InChI is InChI=1S/C26H28N4O4/c27-24(31)19-8-9-22(20(16-19)17-29-13-4-5-14-29)30-15-11-21(23(25(30)32)26(33)34)28-12-10-18-6-2-1-3-7-18/h1-3,6-9,11,15-16,28H,4-5,10,12-14,17H2,(H2,27,31)(H,33,34). The zero-order valence-corrected chi connectivity index (χ0v) is 18.9. The van der Waals surface area contributed by atoms with Gasteiger partial charge in [0.05, 0.1) is 11.4 Å². The minimum Gasteiger partial charge on any atom is -0.477 e. The molecule has 1 aliphatic heterocycles. The van der Waals surface area contributed by atoms with Crippen LogP contribution < -0.4 is 16.6 Å². The van der Waals surface area contributed by atoms with Crippen LogP contribution >= 0.6 is 0 Å². The Balaban J connectivity index is 1.67. The number of nitrogens with one attached hydrogen (secondary N) is 1. The van der Waals surface area contributed by atoms with Crippen molar-refractivity contribution >= 4 is 17.6 Å². The van der Waals surface area contributed by atoms with Crippen LogP contribution in [0.1, 0.15) is 44.7 Å². The van der Waals surface area contributed by atoms with Gasteiger partial charge < -0.3 is 16.2 Å². The number of hydrogen-bond acceptors (Lipinski definition) is 5. The van der Waals surface area contributed by atoms with Gasteiger partial charge in [-0.3, -0.25) is 19.1 Å². The summed E-state index contributed by atoms with van der Waals surface area (Å²) >= 11 is 0. The molecule has 4 N–H and O–H groups in total. The maximum Gasteiger partial charge on any atom is 0.343 e. The lowest BCUT2D eigenvalue weighted by Gasteiger charge is -2.20. The number of carboxylic acids is 1. The van der Waals surface area contributed by atoms with Crippen molar-refractivity contribution in [2.75, 3.05) is 25.0 Å². The highest BCUT2D eigenvalue weighted by atomic mass is 16.4. The van der Waals surface area contributed by atoms with Gasteiger partial charge in [0.1, 0.15) is 5.56 Å². The molecule has 0 saturated carbocycles. The Hall–Kier alpha value is -3.91. The van der Waals surface area contributed by atoms with E-state index in [0.717, 1.165) is 37.1 Å². The third kappa shape index (κ3) is 5.18. The molecule has 0 atom stereocenters. The first kappa shape index (κ1) is 23.3. The van der Waals surface area contributed by atoms with E-state index in [4.69, 9.17) is 5.73 Å². The van der Waals surface area contributed by atoms with E-state index in [-0.39, 0.29) is 11.3 Å². The minimum absolute atomic E-state index is 0.277. The fourth-order valence-corrected chi connectivity index (χ4v) is 4.35. The average Bonchev–Trinajstić information content (AvgIpc) is 3.33. The van der Waals surface area contributed by atoms with Crippen molar-refractivity contribution in [2.45, 2.75) is 25.8 Å². The number of pyridine rings is 1. The van der Waals surface area contributed by atoms with Gasteiger partial charge in [0.25, 0.3) is 5.56 Å². The number of carbonyl (C=O) groups is 2. The molecule has 8 heteroatoms. The Morgan fingerprint density at radius 3 is 2.44 bits per heavy atom. The number of carbonyl (C=O) groups excluding carboxylic acids is 1. The van der Waals surface area contributed by atoms with E-state index in [0.29, 0.717) is 30.8 Å². The lowest BCUT2D eigenvalue weighted by molar-refractivity contribution is 0.0695. The molecule has 0 aliphatic carbocycles. The van der Waals surface area contributed by atoms with E-state index in [1.54, 1.807) is 30.5 Å². The highest BCUT2D eigenvalue weighted by Gasteiger charge is 2.21. The van der Waals surface area contributed by atoms with Crippen LogP contribution in [0, 0.1) is 0 Å². The van der Waals surface area contributed by atoms with Gasteiger partial charge in [-0.05, 0) is 67.7 Å². The molecular weight excluding hydrogens is 432 g/mol. The molecule has 1 aromatic heterocycles. The topological polar surface area (TPSA) is 118 Å². The van der Waals surface area contributed by atoms with Crippen molar-refractivity contribution < 1.29 is 14.7 Å². The molecule has 1 saturated heterocycles. The van der Waals surface area contributed by atoms with Gasteiger partial charge in [-0.1, -0.05) is 30.3 Å². The first-order valence-corrected chi connectivity index (χ1v) is 11.4. The second kappa shape index (κ2) is 10.4. The number of anilines is 1. The second-order valence-electron chi connectivity index (χ2n) is 8.44. The number of likely N-dealkylation sites (tertiary alicyclic amines) is 1. The molecule has 3 aromatic rings. The molecule has 2 aromatic carbocycles. The number of nitrogens with two attached hydrogens (primary N) is 1. The molecule has 4 rings (SSSR count). The molecule has 0 bridgehead atoms. The smallest absolute Gasteiger partial charge is 0.343 e. The van der Waals surface area contributed by atoms with Crippen LogP contribution in [0.15, 0.2) is 65.6 Å². The molecule has 1 fully saturated rings. The van der Waals surface area contributed by atoms with Crippen molar-refractivity contribution in [2.24, 2.45) is 5.73 Å². The van der Waals surface area contributed by atoms with Crippen molar-refractivity contribution in [3.05, 3.63) is 93.4 Å². The number of aromatic nitrogens is 1. The summed E-state index contributed by atoms with van der Waals surface area (Å²) in [6.07, 6.45) is 4.46. The molecule has 2 heterocycles. The molecule has 0 radical (unpaired) electrons. The van der Waals surface area contributed by atoms with Crippen LogP contribution in [0.3, 0.4) is 0 Å². The summed E-state index contributed by atoms with van der Waals surface area (Å²) in [5.74, 6) is -1.85. The van der Waals surface area contributed by atoms with Crippen molar-refractivity contribution in [1.29, 1.82) is 0 Å². The van der Waals surface area contributed by atoms with E-state index < -0.39 is 17.4 Å². The number of amides is 1. The molecule has 176 valence electrons. The Morgan fingerprint density at radius 1 is 1.03 bits per heavy atom.